The van der Waals surface area contributed by atoms with E-state index in [1.54, 1.807) is 0 Å². The van der Waals surface area contributed by atoms with Crippen LogP contribution in [0.15, 0.2) is 48.7 Å². The molecule has 2 aliphatic heterocycles. The van der Waals surface area contributed by atoms with Gasteiger partial charge in [0.15, 0.2) is 0 Å². The minimum absolute atomic E-state index is 0.228. The van der Waals surface area contributed by atoms with Gasteiger partial charge < -0.3 is 10.2 Å². The maximum absolute atomic E-state index is 4.70. The summed E-state index contributed by atoms with van der Waals surface area (Å²) in [6.07, 6.45) is 3.13. The van der Waals surface area contributed by atoms with Crippen LogP contribution in [0.1, 0.15) is 17.7 Å². The topological polar surface area (TPSA) is 28.2 Å². The largest absolute Gasteiger partial charge is 0.365 e. The highest BCUT2D eigenvalue weighted by atomic mass is 15.2. The fourth-order valence-corrected chi connectivity index (χ4v) is 3.61. The number of rotatable bonds is 2. The molecule has 1 saturated heterocycles. The predicted molar refractivity (Wildman–Crippen MR) is 80.9 cm³/mol. The quantitative estimate of drug-likeness (QED) is 0.903. The summed E-state index contributed by atoms with van der Waals surface area (Å²) in [7, 11) is 0. The molecule has 3 heteroatoms. The third kappa shape index (κ3) is 1.81. The lowest BCUT2D eigenvalue weighted by Crippen LogP contribution is -2.35. The van der Waals surface area contributed by atoms with Gasteiger partial charge in [-0.25, -0.2) is 0 Å². The van der Waals surface area contributed by atoms with Crippen LogP contribution in [-0.2, 0) is 12.0 Å². The highest BCUT2D eigenvalue weighted by Gasteiger charge is 2.45. The number of nitrogens with one attached hydrogen (secondary N) is 1. The van der Waals surface area contributed by atoms with Gasteiger partial charge in [-0.2, -0.15) is 0 Å². The second-order valence-electron chi connectivity index (χ2n) is 5.92. The average molecular weight is 265 g/mol. The second-order valence-corrected chi connectivity index (χ2v) is 5.92. The predicted octanol–water partition coefficient (Wildman–Crippen LogP) is 2.33. The number of hydrogen-bond donors (Lipinski definition) is 1. The van der Waals surface area contributed by atoms with Crippen molar-refractivity contribution >= 4 is 5.69 Å². The Bertz CT molecular complexity index is 603. The number of anilines is 1. The third-order valence-corrected chi connectivity index (χ3v) is 4.58. The number of fused-ring (bicyclic) bond motifs is 2. The first-order chi connectivity index (χ1) is 9.87. The zero-order valence-electron chi connectivity index (χ0n) is 11.5. The lowest BCUT2D eigenvalue weighted by molar-refractivity contribution is 0.484. The van der Waals surface area contributed by atoms with E-state index in [0.717, 1.165) is 26.2 Å². The van der Waals surface area contributed by atoms with Crippen molar-refractivity contribution in [2.24, 2.45) is 0 Å². The van der Waals surface area contributed by atoms with E-state index in [1.165, 1.54) is 23.4 Å². The van der Waals surface area contributed by atoms with Crippen LogP contribution < -0.4 is 10.2 Å². The fraction of sp³-hybridized carbons (Fsp3) is 0.353. The summed E-state index contributed by atoms with van der Waals surface area (Å²) in [4.78, 5) is 7.20. The highest BCUT2D eigenvalue weighted by molar-refractivity contribution is 5.60. The van der Waals surface area contributed by atoms with Crippen molar-refractivity contribution in [2.45, 2.75) is 18.4 Å². The third-order valence-electron chi connectivity index (χ3n) is 4.58. The average Bonchev–Trinajstić information content (AvgIpc) is 3.08. The number of nitrogens with zero attached hydrogens (tertiary/aromatic N) is 2. The Morgan fingerprint density at radius 1 is 1.15 bits per heavy atom. The molecule has 0 saturated carbocycles. The summed E-state index contributed by atoms with van der Waals surface area (Å²) in [5.74, 6) is 0. The zero-order chi connectivity index (χ0) is 13.4. The normalized spacial score (nSPS) is 24.3. The van der Waals surface area contributed by atoms with Crippen LogP contribution in [0.4, 0.5) is 5.69 Å². The first kappa shape index (κ1) is 11.9. The summed E-state index contributed by atoms with van der Waals surface area (Å²) in [5, 5.41) is 3.51. The van der Waals surface area contributed by atoms with Gasteiger partial charge in [-0.3, -0.25) is 4.98 Å². The van der Waals surface area contributed by atoms with E-state index in [1.807, 2.05) is 6.20 Å². The van der Waals surface area contributed by atoms with Crippen LogP contribution in [0.3, 0.4) is 0 Å². The molecule has 1 atom stereocenters. The smallest absolute Gasteiger partial charge is 0.0729 e. The minimum atomic E-state index is 0.228. The molecule has 0 amide bonds. The van der Waals surface area contributed by atoms with Crippen molar-refractivity contribution in [2.75, 3.05) is 24.5 Å². The van der Waals surface area contributed by atoms with Crippen LogP contribution in [0.25, 0.3) is 0 Å². The zero-order valence-corrected chi connectivity index (χ0v) is 11.5. The Labute approximate surface area is 119 Å². The van der Waals surface area contributed by atoms with E-state index in [0.29, 0.717) is 0 Å². The van der Waals surface area contributed by atoms with Gasteiger partial charge in [0.1, 0.15) is 0 Å². The monoisotopic (exact) mass is 265 g/mol. The SMILES string of the molecule is c1ccc(CN2C[C@@]3(CCNC3)c3ncccc32)cc1. The molecule has 0 aliphatic carbocycles. The van der Waals surface area contributed by atoms with Gasteiger partial charge in [-0.15, -0.1) is 0 Å². The Balaban J connectivity index is 1.69. The number of benzene rings is 1. The van der Waals surface area contributed by atoms with E-state index < -0.39 is 0 Å². The summed E-state index contributed by atoms with van der Waals surface area (Å²) in [6.45, 7) is 4.22. The molecule has 1 aromatic carbocycles. The van der Waals surface area contributed by atoms with Gasteiger partial charge >= 0.3 is 0 Å². The summed E-state index contributed by atoms with van der Waals surface area (Å²) < 4.78 is 0. The van der Waals surface area contributed by atoms with Crippen molar-refractivity contribution in [3.8, 4) is 0 Å². The molecular weight excluding hydrogens is 246 g/mol. The molecular formula is C17H19N3. The van der Waals surface area contributed by atoms with E-state index in [9.17, 15) is 0 Å². The van der Waals surface area contributed by atoms with Crippen LogP contribution in [-0.4, -0.2) is 24.6 Å². The Hall–Kier alpha value is -1.87. The lowest BCUT2D eigenvalue weighted by Gasteiger charge is -2.24. The summed E-state index contributed by atoms with van der Waals surface area (Å²) >= 11 is 0. The Morgan fingerprint density at radius 2 is 2.05 bits per heavy atom. The molecule has 1 aromatic heterocycles. The molecule has 1 spiro atoms. The Kier molecular flexibility index (Phi) is 2.74. The Morgan fingerprint density at radius 3 is 2.85 bits per heavy atom. The minimum Gasteiger partial charge on any atom is -0.365 e. The van der Waals surface area contributed by atoms with Crippen molar-refractivity contribution in [1.82, 2.24) is 10.3 Å². The van der Waals surface area contributed by atoms with Crippen molar-refractivity contribution in [3.05, 3.63) is 59.9 Å². The number of aromatic nitrogens is 1. The van der Waals surface area contributed by atoms with Gasteiger partial charge in [-0.05, 0) is 30.7 Å². The van der Waals surface area contributed by atoms with Crippen LogP contribution in [0, 0.1) is 0 Å². The van der Waals surface area contributed by atoms with Gasteiger partial charge in [0.2, 0.25) is 0 Å². The van der Waals surface area contributed by atoms with Crippen molar-refractivity contribution < 1.29 is 0 Å². The molecule has 0 radical (unpaired) electrons. The highest BCUT2D eigenvalue weighted by Crippen LogP contribution is 2.43. The molecule has 4 rings (SSSR count). The van der Waals surface area contributed by atoms with E-state index in [-0.39, 0.29) is 5.41 Å². The maximum Gasteiger partial charge on any atom is 0.0729 e. The second kappa shape index (κ2) is 4.60. The van der Waals surface area contributed by atoms with Gasteiger partial charge in [0.25, 0.3) is 0 Å². The van der Waals surface area contributed by atoms with Crippen molar-refractivity contribution in [3.63, 3.8) is 0 Å². The molecule has 1 fully saturated rings. The van der Waals surface area contributed by atoms with E-state index in [4.69, 9.17) is 4.98 Å². The summed E-state index contributed by atoms with van der Waals surface area (Å²) in [6, 6.07) is 15.0. The molecule has 2 aromatic rings. The fourth-order valence-electron chi connectivity index (χ4n) is 3.61. The first-order valence-electron chi connectivity index (χ1n) is 7.33. The first-order valence-corrected chi connectivity index (χ1v) is 7.33. The lowest BCUT2D eigenvalue weighted by atomic mass is 9.85. The molecule has 1 N–H and O–H groups in total. The van der Waals surface area contributed by atoms with Gasteiger partial charge in [0, 0.05) is 31.2 Å². The number of pyridine rings is 1. The van der Waals surface area contributed by atoms with Gasteiger partial charge in [0.05, 0.1) is 11.4 Å². The standard InChI is InChI=1S/C17H19N3/c1-2-5-14(6-3-1)11-20-13-17(8-10-18-12-17)16-15(20)7-4-9-19-16/h1-7,9,18H,8,10-13H2/t17-/m0/s1. The van der Waals surface area contributed by atoms with Crippen LogP contribution >= 0.6 is 0 Å². The van der Waals surface area contributed by atoms with Crippen LogP contribution in [0.2, 0.25) is 0 Å². The molecule has 0 bridgehead atoms. The molecule has 3 heterocycles. The van der Waals surface area contributed by atoms with E-state index >= 15 is 0 Å². The molecule has 102 valence electrons. The molecule has 0 unspecified atom stereocenters. The molecule has 20 heavy (non-hydrogen) atoms. The summed E-state index contributed by atoms with van der Waals surface area (Å²) in [5.41, 5.74) is 4.21. The van der Waals surface area contributed by atoms with Gasteiger partial charge in [-0.1, -0.05) is 30.3 Å². The number of hydrogen-bond acceptors (Lipinski definition) is 3. The van der Waals surface area contributed by atoms with Crippen LogP contribution in [0.5, 0.6) is 0 Å². The molecule has 2 aliphatic rings. The van der Waals surface area contributed by atoms with E-state index in [2.05, 4.69) is 52.7 Å². The maximum atomic E-state index is 4.70. The molecule has 3 nitrogen and oxygen atoms in total. The van der Waals surface area contributed by atoms with Crippen molar-refractivity contribution in [1.29, 1.82) is 0 Å².